The second-order valence-electron chi connectivity index (χ2n) is 4.36. The van der Waals surface area contributed by atoms with Crippen LogP contribution in [0, 0.1) is 6.92 Å². The normalized spacial score (nSPS) is 11.0. The minimum absolute atomic E-state index is 0.773. The average molecular weight is 257 g/mol. The molecule has 0 amide bonds. The molecular weight excluding hydrogens is 244 g/mol. The molecule has 0 saturated heterocycles. The number of fused-ring (bicyclic) bond motifs is 1. The topological polar surface area (TPSA) is 17.8 Å². The van der Waals surface area contributed by atoms with Gasteiger partial charge < -0.3 is 4.57 Å². The highest BCUT2D eigenvalue weighted by Crippen LogP contribution is 2.18. The number of benzene rings is 2. The second kappa shape index (κ2) is 4.46. The van der Waals surface area contributed by atoms with E-state index >= 15 is 0 Å². The Kier molecular flexibility index (Phi) is 2.80. The van der Waals surface area contributed by atoms with Gasteiger partial charge in [0.1, 0.15) is 5.82 Å². The van der Waals surface area contributed by atoms with E-state index in [1.807, 2.05) is 43.3 Å². The molecule has 0 atom stereocenters. The van der Waals surface area contributed by atoms with Crippen LogP contribution in [0.25, 0.3) is 11.0 Å². The number of aryl methyl sites for hydroxylation is 1. The third kappa shape index (κ3) is 2.00. The lowest BCUT2D eigenvalue weighted by molar-refractivity contribution is 0.786. The maximum absolute atomic E-state index is 6.02. The van der Waals surface area contributed by atoms with E-state index in [0.29, 0.717) is 0 Å². The first kappa shape index (κ1) is 11.3. The van der Waals surface area contributed by atoms with Crippen molar-refractivity contribution in [2.45, 2.75) is 13.5 Å². The fraction of sp³-hybridized carbons (Fsp3) is 0.133. The molecule has 1 heterocycles. The number of nitrogens with zero attached hydrogens (tertiary/aromatic N) is 2. The molecule has 18 heavy (non-hydrogen) atoms. The van der Waals surface area contributed by atoms with Crippen LogP contribution in [0.15, 0.2) is 48.5 Å². The summed E-state index contributed by atoms with van der Waals surface area (Å²) in [7, 11) is 0. The van der Waals surface area contributed by atoms with Gasteiger partial charge in [-0.25, -0.2) is 4.98 Å². The molecule has 2 nitrogen and oxygen atoms in total. The molecule has 0 N–H and O–H groups in total. The summed E-state index contributed by atoms with van der Waals surface area (Å²) in [5, 5.41) is 0.773. The molecule has 0 spiro atoms. The summed E-state index contributed by atoms with van der Waals surface area (Å²) in [5.41, 5.74) is 3.39. The molecule has 0 aliphatic heterocycles. The number of hydrogen-bond acceptors (Lipinski definition) is 1. The molecule has 90 valence electrons. The molecule has 0 unspecified atom stereocenters. The Morgan fingerprint density at radius 3 is 2.78 bits per heavy atom. The van der Waals surface area contributed by atoms with Crippen LogP contribution in [0.3, 0.4) is 0 Å². The lowest BCUT2D eigenvalue weighted by Crippen LogP contribution is -2.01. The molecule has 0 saturated carbocycles. The summed E-state index contributed by atoms with van der Waals surface area (Å²) in [4.78, 5) is 4.56. The monoisotopic (exact) mass is 256 g/mol. The van der Waals surface area contributed by atoms with Gasteiger partial charge in [0.05, 0.1) is 11.0 Å². The number of halogens is 1. The summed E-state index contributed by atoms with van der Waals surface area (Å²) in [6.07, 6.45) is 0. The van der Waals surface area contributed by atoms with Crippen LogP contribution < -0.4 is 0 Å². The van der Waals surface area contributed by atoms with Crippen molar-refractivity contribution in [3.8, 4) is 0 Å². The zero-order valence-corrected chi connectivity index (χ0v) is 10.9. The Balaban J connectivity index is 2.07. The van der Waals surface area contributed by atoms with Crippen molar-refractivity contribution in [2.75, 3.05) is 0 Å². The van der Waals surface area contributed by atoms with Crippen LogP contribution in [0.2, 0.25) is 5.02 Å². The Bertz CT molecular complexity index is 701. The highest BCUT2D eigenvalue weighted by atomic mass is 35.5. The van der Waals surface area contributed by atoms with E-state index in [-0.39, 0.29) is 0 Å². The van der Waals surface area contributed by atoms with Crippen molar-refractivity contribution in [1.82, 2.24) is 9.55 Å². The highest BCUT2D eigenvalue weighted by Gasteiger charge is 2.06. The molecule has 3 heteroatoms. The van der Waals surface area contributed by atoms with Crippen LogP contribution in [0.4, 0.5) is 0 Å². The van der Waals surface area contributed by atoms with Gasteiger partial charge in [0.15, 0.2) is 0 Å². The van der Waals surface area contributed by atoms with E-state index in [1.54, 1.807) is 0 Å². The maximum atomic E-state index is 6.02. The Labute approximate surface area is 111 Å². The maximum Gasteiger partial charge on any atom is 0.107 e. The first-order valence-electron chi connectivity index (χ1n) is 5.90. The van der Waals surface area contributed by atoms with Crippen LogP contribution in [0.5, 0.6) is 0 Å². The second-order valence-corrected chi connectivity index (χ2v) is 4.80. The Morgan fingerprint density at radius 1 is 1.11 bits per heavy atom. The zero-order valence-electron chi connectivity index (χ0n) is 10.1. The lowest BCUT2D eigenvalue weighted by Gasteiger charge is -2.07. The van der Waals surface area contributed by atoms with Crippen molar-refractivity contribution in [2.24, 2.45) is 0 Å². The quantitative estimate of drug-likeness (QED) is 0.676. The fourth-order valence-electron chi connectivity index (χ4n) is 2.21. The number of hydrogen-bond donors (Lipinski definition) is 0. The fourth-order valence-corrected chi connectivity index (χ4v) is 2.43. The van der Waals surface area contributed by atoms with E-state index in [0.717, 1.165) is 28.4 Å². The average Bonchev–Trinajstić information content (AvgIpc) is 2.66. The third-order valence-electron chi connectivity index (χ3n) is 3.08. The summed E-state index contributed by atoms with van der Waals surface area (Å²) < 4.78 is 2.21. The van der Waals surface area contributed by atoms with Gasteiger partial charge in [0.25, 0.3) is 0 Å². The molecule has 3 aromatic rings. The van der Waals surface area contributed by atoms with Gasteiger partial charge in [0, 0.05) is 11.6 Å². The van der Waals surface area contributed by atoms with Gasteiger partial charge in [-0.1, -0.05) is 35.9 Å². The molecule has 0 fully saturated rings. The minimum Gasteiger partial charge on any atom is -0.324 e. The van der Waals surface area contributed by atoms with E-state index in [1.165, 1.54) is 5.56 Å². The van der Waals surface area contributed by atoms with Crippen LogP contribution in [-0.2, 0) is 6.54 Å². The van der Waals surface area contributed by atoms with Crippen molar-refractivity contribution in [3.05, 3.63) is 64.9 Å². The smallest absolute Gasteiger partial charge is 0.107 e. The highest BCUT2D eigenvalue weighted by molar-refractivity contribution is 6.30. The van der Waals surface area contributed by atoms with E-state index < -0.39 is 0 Å². The number of imidazole rings is 1. The minimum atomic E-state index is 0.773. The predicted molar refractivity (Wildman–Crippen MR) is 75.0 cm³/mol. The standard InChI is InChI=1S/C15H13ClN2/c1-11-17-14-7-2-3-8-15(14)18(11)10-12-5-4-6-13(16)9-12/h2-9H,10H2,1H3. The van der Waals surface area contributed by atoms with Crippen LogP contribution in [-0.4, -0.2) is 9.55 Å². The molecule has 0 aliphatic carbocycles. The van der Waals surface area contributed by atoms with E-state index in [4.69, 9.17) is 11.6 Å². The van der Waals surface area contributed by atoms with Crippen LogP contribution in [0.1, 0.15) is 11.4 Å². The van der Waals surface area contributed by atoms with Gasteiger partial charge in [-0.15, -0.1) is 0 Å². The number of aromatic nitrogens is 2. The van der Waals surface area contributed by atoms with Gasteiger partial charge in [-0.3, -0.25) is 0 Å². The summed E-state index contributed by atoms with van der Waals surface area (Å²) >= 11 is 6.02. The van der Waals surface area contributed by atoms with Crippen molar-refractivity contribution in [1.29, 1.82) is 0 Å². The summed E-state index contributed by atoms with van der Waals surface area (Å²) in [5.74, 6) is 1.02. The zero-order chi connectivity index (χ0) is 12.5. The lowest BCUT2D eigenvalue weighted by atomic mass is 10.2. The molecule has 0 bridgehead atoms. The SMILES string of the molecule is Cc1nc2ccccc2n1Cc1cccc(Cl)c1. The van der Waals surface area contributed by atoms with E-state index in [2.05, 4.69) is 21.7 Å². The number of para-hydroxylation sites is 2. The Hall–Kier alpha value is -1.80. The van der Waals surface area contributed by atoms with Crippen molar-refractivity contribution in [3.63, 3.8) is 0 Å². The molecular formula is C15H13ClN2. The first-order chi connectivity index (χ1) is 8.74. The largest absolute Gasteiger partial charge is 0.324 e. The van der Waals surface area contributed by atoms with Gasteiger partial charge in [0.2, 0.25) is 0 Å². The van der Waals surface area contributed by atoms with E-state index in [9.17, 15) is 0 Å². The van der Waals surface area contributed by atoms with Gasteiger partial charge >= 0.3 is 0 Å². The van der Waals surface area contributed by atoms with Crippen molar-refractivity contribution < 1.29 is 0 Å². The van der Waals surface area contributed by atoms with Gasteiger partial charge in [-0.2, -0.15) is 0 Å². The molecule has 1 aromatic heterocycles. The van der Waals surface area contributed by atoms with Gasteiger partial charge in [-0.05, 0) is 36.8 Å². The van der Waals surface area contributed by atoms with Crippen molar-refractivity contribution >= 4 is 22.6 Å². The molecule has 0 radical (unpaired) electrons. The number of rotatable bonds is 2. The summed E-state index contributed by atoms with van der Waals surface area (Å²) in [6.45, 7) is 2.83. The first-order valence-corrected chi connectivity index (χ1v) is 6.28. The van der Waals surface area contributed by atoms with Crippen LogP contribution >= 0.6 is 11.6 Å². The third-order valence-corrected chi connectivity index (χ3v) is 3.31. The molecule has 3 rings (SSSR count). The Morgan fingerprint density at radius 2 is 1.94 bits per heavy atom. The molecule has 2 aromatic carbocycles. The molecule has 0 aliphatic rings. The summed E-state index contributed by atoms with van der Waals surface area (Å²) in [6, 6.07) is 16.1. The predicted octanol–water partition coefficient (Wildman–Crippen LogP) is 4.05.